The van der Waals surface area contributed by atoms with Gasteiger partial charge in [0.15, 0.2) is 23.0 Å². The molecular formula is C23H27NO5. The first kappa shape index (κ1) is 19.4. The first-order valence-corrected chi connectivity index (χ1v) is 10.0. The largest absolute Gasteiger partial charge is 0.493 e. The van der Waals surface area contributed by atoms with Gasteiger partial charge in [0.2, 0.25) is 12.7 Å². The minimum Gasteiger partial charge on any atom is -0.493 e. The van der Waals surface area contributed by atoms with Crippen LogP contribution in [0.15, 0.2) is 36.4 Å². The van der Waals surface area contributed by atoms with E-state index in [4.69, 9.17) is 18.9 Å². The summed E-state index contributed by atoms with van der Waals surface area (Å²) in [7, 11) is 3.26. The third-order valence-electron chi connectivity index (χ3n) is 5.60. The monoisotopic (exact) mass is 397 g/mol. The van der Waals surface area contributed by atoms with Crippen molar-refractivity contribution in [1.29, 1.82) is 0 Å². The van der Waals surface area contributed by atoms with Gasteiger partial charge in [-0.1, -0.05) is 12.1 Å². The quantitative estimate of drug-likeness (QED) is 0.699. The fraction of sp³-hybridized carbons (Fsp3) is 0.435. The standard InChI is InChI=1S/C23H27NO5/c1-26-19-8-6-17(12-21(19)27-2)18(16-4-5-16)13-23(25)24-10-9-15-3-7-20-22(11-15)29-14-28-20/h3,6-8,11-12,16,18H,4-5,9-10,13-14H2,1-2H3,(H,24,25). The van der Waals surface area contributed by atoms with Gasteiger partial charge < -0.3 is 24.3 Å². The van der Waals surface area contributed by atoms with Crippen LogP contribution in [0.5, 0.6) is 23.0 Å². The molecule has 1 N–H and O–H groups in total. The van der Waals surface area contributed by atoms with Crippen LogP contribution in [0.2, 0.25) is 0 Å². The number of nitrogens with one attached hydrogen (secondary N) is 1. The van der Waals surface area contributed by atoms with Crippen molar-refractivity contribution in [2.24, 2.45) is 5.92 Å². The lowest BCUT2D eigenvalue weighted by Crippen LogP contribution is -2.27. The molecule has 0 radical (unpaired) electrons. The number of methoxy groups -OCH3 is 2. The Morgan fingerprint density at radius 2 is 1.86 bits per heavy atom. The summed E-state index contributed by atoms with van der Waals surface area (Å²) in [6.07, 6.45) is 3.58. The van der Waals surface area contributed by atoms with Crippen LogP contribution in [-0.4, -0.2) is 33.5 Å². The molecule has 2 aliphatic rings. The van der Waals surface area contributed by atoms with Gasteiger partial charge in [0.25, 0.3) is 0 Å². The predicted octanol–water partition coefficient (Wildman–Crippen LogP) is 3.68. The fourth-order valence-electron chi connectivity index (χ4n) is 3.85. The number of fused-ring (bicyclic) bond motifs is 1. The van der Waals surface area contributed by atoms with Crippen LogP contribution in [0.25, 0.3) is 0 Å². The van der Waals surface area contributed by atoms with E-state index in [1.165, 1.54) is 12.8 Å². The number of hydrogen-bond donors (Lipinski definition) is 1. The maximum Gasteiger partial charge on any atom is 0.231 e. The Hall–Kier alpha value is -2.89. The van der Waals surface area contributed by atoms with E-state index in [2.05, 4.69) is 5.32 Å². The van der Waals surface area contributed by atoms with E-state index in [-0.39, 0.29) is 18.6 Å². The number of amides is 1. The zero-order valence-electron chi connectivity index (χ0n) is 16.9. The summed E-state index contributed by atoms with van der Waals surface area (Å²) in [5, 5.41) is 3.07. The highest BCUT2D eigenvalue weighted by molar-refractivity contribution is 5.77. The third-order valence-corrected chi connectivity index (χ3v) is 5.60. The zero-order chi connectivity index (χ0) is 20.2. The van der Waals surface area contributed by atoms with Gasteiger partial charge in [0.1, 0.15) is 0 Å². The SMILES string of the molecule is COc1ccc(C(CC(=O)NCCc2ccc3c(c2)OCO3)C2CC2)cc1OC. The molecule has 1 unspecified atom stereocenters. The van der Waals surface area contributed by atoms with Crippen molar-refractivity contribution in [2.75, 3.05) is 27.6 Å². The van der Waals surface area contributed by atoms with Gasteiger partial charge in [-0.15, -0.1) is 0 Å². The first-order chi connectivity index (χ1) is 14.2. The number of carbonyl (C=O) groups excluding carboxylic acids is 1. The Morgan fingerprint density at radius 1 is 1.07 bits per heavy atom. The van der Waals surface area contributed by atoms with Crippen molar-refractivity contribution in [3.63, 3.8) is 0 Å². The molecule has 2 aromatic carbocycles. The Bertz CT molecular complexity index is 878. The molecule has 29 heavy (non-hydrogen) atoms. The molecule has 1 heterocycles. The number of benzene rings is 2. The molecule has 1 atom stereocenters. The van der Waals surface area contributed by atoms with Crippen LogP contribution in [-0.2, 0) is 11.2 Å². The molecule has 4 rings (SSSR count). The van der Waals surface area contributed by atoms with E-state index in [1.807, 2.05) is 36.4 Å². The summed E-state index contributed by atoms with van der Waals surface area (Å²) in [5.74, 6) is 3.82. The van der Waals surface area contributed by atoms with Crippen LogP contribution < -0.4 is 24.3 Å². The summed E-state index contributed by atoms with van der Waals surface area (Å²) in [5.41, 5.74) is 2.25. The van der Waals surface area contributed by atoms with E-state index in [0.29, 0.717) is 30.4 Å². The van der Waals surface area contributed by atoms with Crippen molar-refractivity contribution < 1.29 is 23.7 Å². The lowest BCUT2D eigenvalue weighted by Gasteiger charge is -2.18. The average molecular weight is 397 g/mol. The van der Waals surface area contributed by atoms with Gasteiger partial charge in [0.05, 0.1) is 14.2 Å². The predicted molar refractivity (Wildman–Crippen MR) is 109 cm³/mol. The second-order valence-corrected chi connectivity index (χ2v) is 7.55. The highest BCUT2D eigenvalue weighted by Crippen LogP contribution is 2.46. The van der Waals surface area contributed by atoms with Gasteiger partial charge >= 0.3 is 0 Å². The van der Waals surface area contributed by atoms with Crippen LogP contribution in [0.3, 0.4) is 0 Å². The third kappa shape index (κ3) is 4.58. The summed E-state index contributed by atoms with van der Waals surface area (Å²) in [6, 6.07) is 11.9. The highest BCUT2D eigenvalue weighted by atomic mass is 16.7. The molecule has 0 saturated heterocycles. The van der Waals surface area contributed by atoms with Crippen LogP contribution in [0.1, 0.15) is 36.3 Å². The Balaban J connectivity index is 1.33. The maximum atomic E-state index is 12.6. The number of hydrogen-bond acceptors (Lipinski definition) is 5. The van der Waals surface area contributed by atoms with E-state index >= 15 is 0 Å². The molecule has 1 fully saturated rings. The van der Waals surface area contributed by atoms with Crippen molar-refractivity contribution in [3.05, 3.63) is 47.5 Å². The maximum absolute atomic E-state index is 12.6. The molecule has 0 aromatic heterocycles. The van der Waals surface area contributed by atoms with Crippen LogP contribution in [0.4, 0.5) is 0 Å². The van der Waals surface area contributed by atoms with Gasteiger partial charge in [-0.05, 0) is 66.5 Å². The molecule has 0 spiro atoms. The van der Waals surface area contributed by atoms with Crippen molar-refractivity contribution in [1.82, 2.24) is 5.32 Å². The fourth-order valence-corrected chi connectivity index (χ4v) is 3.85. The van der Waals surface area contributed by atoms with Gasteiger partial charge in [-0.2, -0.15) is 0 Å². The highest BCUT2D eigenvalue weighted by Gasteiger charge is 2.34. The molecule has 6 nitrogen and oxygen atoms in total. The summed E-state index contributed by atoms with van der Waals surface area (Å²) >= 11 is 0. The van der Waals surface area contributed by atoms with E-state index in [0.717, 1.165) is 29.0 Å². The second kappa shape index (κ2) is 8.64. The average Bonchev–Trinajstić information content (AvgIpc) is 3.48. The Kier molecular flexibility index (Phi) is 5.79. The topological polar surface area (TPSA) is 66.0 Å². The molecule has 6 heteroatoms. The summed E-state index contributed by atoms with van der Waals surface area (Å²) < 4.78 is 21.5. The normalized spacial score (nSPS) is 15.7. The number of carbonyl (C=O) groups is 1. The number of ether oxygens (including phenoxy) is 4. The van der Waals surface area contributed by atoms with E-state index in [9.17, 15) is 4.79 Å². The second-order valence-electron chi connectivity index (χ2n) is 7.55. The van der Waals surface area contributed by atoms with Crippen LogP contribution in [0, 0.1) is 5.92 Å². The smallest absolute Gasteiger partial charge is 0.231 e. The number of rotatable bonds is 9. The molecule has 1 saturated carbocycles. The lowest BCUT2D eigenvalue weighted by molar-refractivity contribution is -0.121. The van der Waals surface area contributed by atoms with Crippen LogP contribution >= 0.6 is 0 Å². The summed E-state index contributed by atoms with van der Waals surface area (Å²) in [4.78, 5) is 12.6. The molecular weight excluding hydrogens is 370 g/mol. The molecule has 0 bridgehead atoms. The molecule has 1 amide bonds. The zero-order valence-corrected chi connectivity index (χ0v) is 16.9. The first-order valence-electron chi connectivity index (χ1n) is 10.0. The summed E-state index contributed by atoms with van der Waals surface area (Å²) in [6.45, 7) is 0.871. The molecule has 1 aliphatic heterocycles. The molecule has 2 aromatic rings. The van der Waals surface area contributed by atoms with Crippen molar-refractivity contribution in [3.8, 4) is 23.0 Å². The minimum atomic E-state index is 0.0810. The molecule has 154 valence electrons. The van der Waals surface area contributed by atoms with Gasteiger partial charge in [-0.25, -0.2) is 0 Å². The van der Waals surface area contributed by atoms with E-state index in [1.54, 1.807) is 14.2 Å². The van der Waals surface area contributed by atoms with Gasteiger partial charge in [-0.3, -0.25) is 4.79 Å². The van der Waals surface area contributed by atoms with Gasteiger partial charge in [0, 0.05) is 13.0 Å². The Morgan fingerprint density at radius 3 is 2.62 bits per heavy atom. The Labute approximate surface area is 171 Å². The lowest BCUT2D eigenvalue weighted by atomic mass is 9.90. The molecule has 1 aliphatic carbocycles. The van der Waals surface area contributed by atoms with Crippen molar-refractivity contribution >= 4 is 5.91 Å². The van der Waals surface area contributed by atoms with Crippen molar-refractivity contribution in [2.45, 2.75) is 31.6 Å². The van der Waals surface area contributed by atoms with E-state index < -0.39 is 0 Å². The minimum absolute atomic E-state index is 0.0810.